The second kappa shape index (κ2) is 5.85. The first kappa shape index (κ1) is 15.6. The molecule has 2 aromatic rings. The van der Waals surface area contributed by atoms with Crippen molar-refractivity contribution in [3.63, 3.8) is 0 Å². The normalized spacial score (nSPS) is 20.0. The van der Waals surface area contributed by atoms with Crippen LogP contribution in [0, 0.1) is 25.2 Å². The summed E-state index contributed by atoms with van der Waals surface area (Å²) in [5.41, 5.74) is 5.05. The Bertz CT molecular complexity index is 934. The van der Waals surface area contributed by atoms with E-state index >= 15 is 0 Å². The molecule has 0 amide bonds. The lowest BCUT2D eigenvalue weighted by atomic mass is 9.89. The van der Waals surface area contributed by atoms with Crippen molar-refractivity contribution in [1.82, 2.24) is 19.7 Å². The van der Waals surface area contributed by atoms with Crippen LogP contribution in [-0.4, -0.2) is 38.5 Å². The minimum atomic E-state index is -0.118. The van der Waals surface area contributed by atoms with Crippen molar-refractivity contribution < 1.29 is 4.79 Å². The van der Waals surface area contributed by atoms with Crippen LogP contribution in [0.15, 0.2) is 30.1 Å². The first-order valence-electron chi connectivity index (χ1n) is 8.47. The van der Waals surface area contributed by atoms with E-state index in [0.717, 1.165) is 47.7 Å². The van der Waals surface area contributed by atoms with E-state index in [-0.39, 0.29) is 23.8 Å². The minimum absolute atomic E-state index is 0.118. The number of rotatable bonds is 2. The van der Waals surface area contributed by atoms with Gasteiger partial charge >= 0.3 is 0 Å². The molecule has 25 heavy (non-hydrogen) atoms. The quantitative estimate of drug-likeness (QED) is 0.842. The molecule has 0 N–H and O–H groups in total. The molecule has 0 saturated carbocycles. The molecule has 4 rings (SSSR count). The summed E-state index contributed by atoms with van der Waals surface area (Å²) in [6.07, 6.45) is 4.65. The predicted octanol–water partition coefficient (Wildman–Crippen LogP) is 2.20. The van der Waals surface area contributed by atoms with Gasteiger partial charge in [-0.05, 0) is 38.0 Å². The Labute approximate surface area is 146 Å². The van der Waals surface area contributed by atoms with E-state index in [0.29, 0.717) is 0 Å². The third kappa shape index (κ3) is 2.52. The molecule has 6 heteroatoms. The molecule has 0 unspecified atom stereocenters. The minimum Gasteiger partial charge on any atom is -0.368 e. The molecule has 3 heterocycles. The molecule has 1 atom stereocenters. The number of aromatic nitrogens is 3. The van der Waals surface area contributed by atoms with E-state index < -0.39 is 0 Å². The fourth-order valence-corrected chi connectivity index (χ4v) is 3.93. The standard InChI is InChI=1S/C19H19N5O/c1-12-7-13(2)24(22-12)15-4-6-23(11-15)19-16-3-5-21-10-14(16)8-18(25)17(19)9-20/h3,5,7,10,15H,4,6,8,11H2,1-2H3/t15-/m1/s1. The summed E-state index contributed by atoms with van der Waals surface area (Å²) in [7, 11) is 0. The van der Waals surface area contributed by atoms with Crippen LogP contribution in [0.1, 0.15) is 35.0 Å². The lowest BCUT2D eigenvalue weighted by Gasteiger charge is -2.28. The maximum absolute atomic E-state index is 12.4. The van der Waals surface area contributed by atoms with Gasteiger partial charge in [-0.1, -0.05) is 0 Å². The number of hydrogen-bond acceptors (Lipinski definition) is 5. The van der Waals surface area contributed by atoms with Crippen molar-refractivity contribution >= 4 is 11.5 Å². The highest BCUT2D eigenvalue weighted by atomic mass is 16.1. The third-order valence-corrected chi connectivity index (χ3v) is 5.01. The van der Waals surface area contributed by atoms with E-state index in [2.05, 4.69) is 38.7 Å². The average Bonchev–Trinajstić information content (AvgIpc) is 3.19. The Balaban J connectivity index is 1.72. The summed E-state index contributed by atoms with van der Waals surface area (Å²) >= 11 is 0. The summed E-state index contributed by atoms with van der Waals surface area (Å²) in [6, 6.07) is 6.38. The predicted molar refractivity (Wildman–Crippen MR) is 92.4 cm³/mol. The molecule has 1 aliphatic carbocycles. The number of Topliss-reactive ketones (excluding diaryl/α,β-unsaturated/α-hetero) is 1. The second-order valence-electron chi connectivity index (χ2n) is 6.73. The summed E-state index contributed by atoms with van der Waals surface area (Å²) < 4.78 is 2.07. The van der Waals surface area contributed by atoms with Crippen LogP contribution in [-0.2, 0) is 11.2 Å². The summed E-state index contributed by atoms with van der Waals surface area (Å²) in [5, 5.41) is 14.2. The van der Waals surface area contributed by atoms with Gasteiger partial charge in [-0.15, -0.1) is 0 Å². The van der Waals surface area contributed by atoms with Crippen LogP contribution in [0.5, 0.6) is 0 Å². The van der Waals surface area contributed by atoms with Gasteiger partial charge in [0.05, 0.1) is 17.4 Å². The van der Waals surface area contributed by atoms with Crippen molar-refractivity contribution in [3.8, 4) is 6.07 Å². The zero-order chi connectivity index (χ0) is 17.6. The Hall–Kier alpha value is -2.94. The zero-order valence-electron chi connectivity index (χ0n) is 14.4. The van der Waals surface area contributed by atoms with Crippen molar-refractivity contribution in [3.05, 3.63) is 52.6 Å². The maximum Gasteiger partial charge on any atom is 0.179 e. The van der Waals surface area contributed by atoms with Gasteiger partial charge in [-0.25, -0.2) is 0 Å². The third-order valence-electron chi connectivity index (χ3n) is 5.01. The summed E-state index contributed by atoms with van der Waals surface area (Å²) in [5.74, 6) is -0.118. The van der Waals surface area contributed by atoms with Gasteiger partial charge in [0.25, 0.3) is 0 Å². The number of nitriles is 1. The van der Waals surface area contributed by atoms with Gasteiger partial charge in [0.2, 0.25) is 0 Å². The molecule has 126 valence electrons. The van der Waals surface area contributed by atoms with Crippen LogP contribution < -0.4 is 0 Å². The highest BCUT2D eigenvalue weighted by Gasteiger charge is 2.34. The van der Waals surface area contributed by atoms with E-state index in [4.69, 9.17) is 0 Å². The lowest BCUT2D eigenvalue weighted by molar-refractivity contribution is -0.114. The monoisotopic (exact) mass is 333 g/mol. The Morgan fingerprint density at radius 3 is 2.92 bits per heavy atom. The molecule has 1 fully saturated rings. The Kier molecular flexibility index (Phi) is 3.65. The van der Waals surface area contributed by atoms with Crippen LogP contribution >= 0.6 is 0 Å². The van der Waals surface area contributed by atoms with Gasteiger partial charge in [0, 0.05) is 43.2 Å². The molecule has 6 nitrogen and oxygen atoms in total. The molecule has 1 aliphatic heterocycles. The molecule has 0 bridgehead atoms. The molecular weight excluding hydrogens is 314 g/mol. The smallest absolute Gasteiger partial charge is 0.179 e. The molecule has 0 aromatic carbocycles. The fourth-order valence-electron chi connectivity index (χ4n) is 3.93. The maximum atomic E-state index is 12.4. The van der Waals surface area contributed by atoms with Gasteiger partial charge in [0.15, 0.2) is 5.78 Å². The van der Waals surface area contributed by atoms with Crippen LogP contribution in [0.3, 0.4) is 0 Å². The van der Waals surface area contributed by atoms with Gasteiger partial charge in [-0.2, -0.15) is 10.4 Å². The van der Waals surface area contributed by atoms with Crippen molar-refractivity contribution in [2.45, 2.75) is 32.7 Å². The number of likely N-dealkylation sites (tertiary alicyclic amines) is 1. The van der Waals surface area contributed by atoms with Crippen molar-refractivity contribution in [1.29, 1.82) is 5.26 Å². The number of fused-ring (bicyclic) bond motifs is 1. The number of carbonyl (C=O) groups excluding carboxylic acids is 1. The fraction of sp³-hybridized carbons (Fsp3) is 0.368. The topological polar surface area (TPSA) is 74.8 Å². The summed E-state index contributed by atoms with van der Waals surface area (Å²) in [4.78, 5) is 18.7. The number of allylic oxidation sites excluding steroid dienone is 1. The number of ketones is 1. The lowest BCUT2D eigenvalue weighted by Crippen LogP contribution is -2.27. The second-order valence-corrected chi connectivity index (χ2v) is 6.73. The Morgan fingerprint density at radius 2 is 2.20 bits per heavy atom. The van der Waals surface area contributed by atoms with Gasteiger partial charge in [-0.3, -0.25) is 14.5 Å². The van der Waals surface area contributed by atoms with Crippen LogP contribution in [0.4, 0.5) is 0 Å². The first-order valence-corrected chi connectivity index (χ1v) is 8.47. The largest absolute Gasteiger partial charge is 0.368 e. The Morgan fingerprint density at radius 1 is 1.36 bits per heavy atom. The molecule has 0 spiro atoms. The molecule has 2 aromatic heterocycles. The molecule has 1 saturated heterocycles. The van der Waals surface area contributed by atoms with Crippen LogP contribution in [0.25, 0.3) is 5.70 Å². The van der Waals surface area contributed by atoms with E-state index in [1.165, 1.54) is 0 Å². The highest BCUT2D eigenvalue weighted by Crippen LogP contribution is 2.36. The van der Waals surface area contributed by atoms with E-state index in [9.17, 15) is 10.1 Å². The average molecular weight is 333 g/mol. The van der Waals surface area contributed by atoms with Gasteiger partial charge in [0.1, 0.15) is 11.6 Å². The van der Waals surface area contributed by atoms with Gasteiger partial charge < -0.3 is 4.90 Å². The highest BCUT2D eigenvalue weighted by molar-refractivity contribution is 6.09. The van der Waals surface area contributed by atoms with E-state index in [1.807, 2.05) is 13.0 Å². The molecule has 0 radical (unpaired) electrons. The molecular formula is C19H19N5O. The summed E-state index contributed by atoms with van der Waals surface area (Å²) in [6.45, 7) is 5.61. The number of nitrogens with zero attached hydrogens (tertiary/aromatic N) is 5. The molecule has 2 aliphatic rings. The van der Waals surface area contributed by atoms with Crippen molar-refractivity contribution in [2.24, 2.45) is 0 Å². The number of pyridine rings is 1. The number of carbonyl (C=O) groups is 1. The number of hydrogen-bond donors (Lipinski definition) is 0. The van der Waals surface area contributed by atoms with Crippen molar-refractivity contribution in [2.75, 3.05) is 13.1 Å². The van der Waals surface area contributed by atoms with Crippen LogP contribution in [0.2, 0.25) is 0 Å². The first-order chi connectivity index (χ1) is 12.1. The SMILES string of the molecule is Cc1cc(C)n([C@@H]2CCN(C3=C(C#N)C(=O)Cc4cnccc43)C2)n1. The number of aryl methyl sites for hydroxylation is 2. The zero-order valence-corrected chi connectivity index (χ0v) is 14.4. The van der Waals surface area contributed by atoms with E-state index in [1.54, 1.807) is 12.4 Å².